The molecular formula is C18H32N4. The standard InChI is InChI=1S/C18H32N4/c1-17(2,3)14-13-15(20-16(19-14)18(4,5)6)22-10-8-9-21(7)11-12-22/h13H,8-12H2,1-7H3. The molecule has 4 nitrogen and oxygen atoms in total. The van der Waals surface area contributed by atoms with Crippen molar-refractivity contribution in [1.29, 1.82) is 0 Å². The SMILES string of the molecule is CN1CCCN(c2cc(C(C)(C)C)nc(C(C)(C)C)n2)CC1. The van der Waals surface area contributed by atoms with E-state index < -0.39 is 0 Å². The van der Waals surface area contributed by atoms with Crippen molar-refractivity contribution in [3.8, 4) is 0 Å². The van der Waals surface area contributed by atoms with Gasteiger partial charge >= 0.3 is 0 Å². The van der Waals surface area contributed by atoms with E-state index in [-0.39, 0.29) is 10.8 Å². The zero-order valence-electron chi connectivity index (χ0n) is 15.4. The van der Waals surface area contributed by atoms with Crippen molar-refractivity contribution in [2.24, 2.45) is 0 Å². The Hall–Kier alpha value is -1.16. The molecule has 0 aromatic carbocycles. The normalized spacial score (nSPS) is 18.4. The first-order valence-electron chi connectivity index (χ1n) is 8.41. The first kappa shape index (κ1) is 17.2. The Balaban J connectivity index is 2.41. The summed E-state index contributed by atoms with van der Waals surface area (Å²) < 4.78 is 0. The molecule has 0 radical (unpaired) electrons. The Morgan fingerprint density at radius 3 is 2.14 bits per heavy atom. The Morgan fingerprint density at radius 1 is 0.864 bits per heavy atom. The minimum Gasteiger partial charge on any atom is -0.355 e. The van der Waals surface area contributed by atoms with E-state index >= 15 is 0 Å². The highest BCUT2D eigenvalue weighted by Gasteiger charge is 2.25. The number of hydrogen-bond donors (Lipinski definition) is 0. The van der Waals surface area contributed by atoms with Gasteiger partial charge in [0.1, 0.15) is 11.6 Å². The summed E-state index contributed by atoms with van der Waals surface area (Å²) in [6.07, 6.45) is 1.19. The van der Waals surface area contributed by atoms with Gasteiger partial charge in [-0.2, -0.15) is 0 Å². The van der Waals surface area contributed by atoms with Crippen molar-refractivity contribution < 1.29 is 0 Å². The van der Waals surface area contributed by atoms with Crippen molar-refractivity contribution in [3.63, 3.8) is 0 Å². The summed E-state index contributed by atoms with van der Waals surface area (Å²) in [4.78, 5) is 14.6. The maximum absolute atomic E-state index is 4.90. The molecule has 4 heteroatoms. The number of aromatic nitrogens is 2. The van der Waals surface area contributed by atoms with Crippen molar-refractivity contribution in [1.82, 2.24) is 14.9 Å². The van der Waals surface area contributed by atoms with Crippen LogP contribution in [-0.2, 0) is 10.8 Å². The molecule has 22 heavy (non-hydrogen) atoms. The maximum Gasteiger partial charge on any atom is 0.136 e. The largest absolute Gasteiger partial charge is 0.355 e. The van der Waals surface area contributed by atoms with E-state index in [0.29, 0.717) is 0 Å². The third-order valence-corrected chi connectivity index (χ3v) is 4.20. The van der Waals surface area contributed by atoms with Crippen LogP contribution in [0.25, 0.3) is 0 Å². The van der Waals surface area contributed by atoms with E-state index in [1.807, 2.05) is 0 Å². The molecule has 0 unspecified atom stereocenters. The smallest absolute Gasteiger partial charge is 0.136 e. The number of rotatable bonds is 1. The fourth-order valence-corrected chi connectivity index (χ4v) is 2.59. The predicted octanol–water partition coefficient (Wildman–Crippen LogP) is 3.21. The molecule has 1 aromatic rings. The third-order valence-electron chi connectivity index (χ3n) is 4.20. The van der Waals surface area contributed by atoms with E-state index in [1.54, 1.807) is 0 Å². The monoisotopic (exact) mass is 304 g/mol. The molecule has 0 saturated carbocycles. The molecule has 0 atom stereocenters. The van der Waals surface area contributed by atoms with Gasteiger partial charge in [-0.05, 0) is 20.0 Å². The van der Waals surface area contributed by atoms with Crippen LogP contribution in [0, 0.1) is 0 Å². The maximum atomic E-state index is 4.90. The van der Waals surface area contributed by atoms with Gasteiger partial charge in [-0.25, -0.2) is 9.97 Å². The molecule has 1 aromatic heterocycles. The van der Waals surface area contributed by atoms with Crippen LogP contribution in [0.1, 0.15) is 59.5 Å². The highest BCUT2D eigenvalue weighted by Crippen LogP contribution is 2.28. The van der Waals surface area contributed by atoms with Crippen LogP contribution in [0.5, 0.6) is 0 Å². The predicted molar refractivity (Wildman–Crippen MR) is 93.8 cm³/mol. The molecule has 0 aliphatic carbocycles. The second-order valence-electron chi connectivity index (χ2n) is 8.58. The van der Waals surface area contributed by atoms with Crippen molar-refractivity contribution >= 4 is 5.82 Å². The van der Waals surface area contributed by atoms with Gasteiger partial charge in [0.05, 0.1) is 5.69 Å². The number of hydrogen-bond acceptors (Lipinski definition) is 4. The summed E-state index contributed by atoms with van der Waals surface area (Å²) in [5.74, 6) is 2.05. The summed E-state index contributed by atoms with van der Waals surface area (Å²) in [6, 6.07) is 2.19. The van der Waals surface area contributed by atoms with Crippen LogP contribution in [0.4, 0.5) is 5.82 Å². The average Bonchev–Trinajstić information content (AvgIpc) is 2.61. The number of likely N-dealkylation sites (N-methyl/N-ethyl adjacent to an activating group) is 1. The topological polar surface area (TPSA) is 32.3 Å². The van der Waals surface area contributed by atoms with Crippen LogP contribution in [-0.4, -0.2) is 48.1 Å². The molecule has 1 aliphatic heterocycles. The Labute approximate surface area is 135 Å². The minimum absolute atomic E-state index is 0.0291. The third kappa shape index (κ3) is 4.19. The van der Waals surface area contributed by atoms with Gasteiger partial charge in [-0.15, -0.1) is 0 Å². The van der Waals surface area contributed by atoms with Gasteiger partial charge in [-0.3, -0.25) is 0 Å². The first-order chi connectivity index (χ1) is 10.1. The zero-order chi connectivity index (χ0) is 16.5. The highest BCUT2D eigenvalue weighted by atomic mass is 15.2. The van der Waals surface area contributed by atoms with Crippen molar-refractivity contribution in [2.45, 2.75) is 58.8 Å². The summed E-state index contributed by atoms with van der Waals surface area (Å²) in [7, 11) is 2.20. The molecule has 2 rings (SSSR count). The second kappa shape index (κ2) is 6.15. The zero-order valence-corrected chi connectivity index (χ0v) is 15.4. The van der Waals surface area contributed by atoms with Crippen LogP contribution in [0.15, 0.2) is 6.07 Å². The molecule has 124 valence electrons. The van der Waals surface area contributed by atoms with Gasteiger partial charge < -0.3 is 9.80 Å². The Morgan fingerprint density at radius 2 is 1.55 bits per heavy atom. The lowest BCUT2D eigenvalue weighted by molar-refractivity contribution is 0.360. The van der Waals surface area contributed by atoms with Gasteiger partial charge in [0.15, 0.2) is 0 Å². The quantitative estimate of drug-likeness (QED) is 0.797. The fraction of sp³-hybridized carbons (Fsp3) is 0.778. The van der Waals surface area contributed by atoms with Gasteiger partial charge in [0.25, 0.3) is 0 Å². The highest BCUT2D eigenvalue weighted by molar-refractivity contribution is 5.42. The van der Waals surface area contributed by atoms with E-state index in [1.165, 1.54) is 13.0 Å². The van der Waals surface area contributed by atoms with E-state index in [2.05, 4.69) is 64.5 Å². The molecule has 1 fully saturated rings. The van der Waals surface area contributed by atoms with Crippen LogP contribution in [0.2, 0.25) is 0 Å². The van der Waals surface area contributed by atoms with Crippen molar-refractivity contribution in [2.75, 3.05) is 38.1 Å². The fourth-order valence-electron chi connectivity index (χ4n) is 2.59. The summed E-state index contributed by atoms with van der Waals surface area (Å²) in [5, 5.41) is 0. The molecule has 1 saturated heterocycles. The van der Waals surface area contributed by atoms with Crippen LogP contribution >= 0.6 is 0 Å². The molecule has 0 amide bonds. The second-order valence-corrected chi connectivity index (χ2v) is 8.58. The number of anilines is 1. The Bertz CT molecular complexity index is 479. The molecule has 2 heterocycles. The average molecular weight is 304 g/mol. The summed E-state index contributed by atoms with van der Waals surface area (Å²) in [5.41, 5.74) is 1.15. The minimum atomic E-state index is -0.0291. The van der Waals surface area contributed by atoms with E-state index in [4.69, 9.17) is 9.97 Å². The van der Waals surface area contributed by atoms with E-state index in [9.17, 15) is 0 Å². The van der Waals surface area contributed by atoms with Crippen LogP contribution in [0.3, 0.4) is 0 Å². The van der Waals surface area contributed by atoms with Crippen LogP contribution < -0.4 is 4.90 Å². The van der Waals surface area contributed by atoms with Gasteiger partial charge in [-0.1, -0.05) is 41.5 Å². The lowest BCUT2D eigenvalue weighted by Crippen LogP contribution is -2.31. The number of nitrogens with zero attached hydrogens (tertiary/aromatic N) is 4. The van der Waals surface area contributed by atoms with Gasteiger partial charge in [0, 0.05) is 36.5 Å². The summed E-state index contributed by atoms with van der Waals surface area (Å²) >= 11 is 0. The molecule has 0 spiro atoms. The summed E-state index contributed by atoms with van der Waals surface area (Å²) in [6.45, 7) is 17.6. The molecule has 0 N–H and O–H groups in total. The van der Waals surface area contributed by atoms with E-state index in [0.717, 1.165) is 37.0 Å². The molecular weight excluding hydrogens is 272 g/mol. The molecule has 1 aliphatic rings. The Kier molecular flexibility index (Phi) is 4.81. The lowest BCUT2D eigenvalue weighted by atomic mass is 9.90. The first-order valence-corrected chi connectivity index (χ1v) is 8.41. The van der Waals surface area contributed by atoms with Crippen molar-refractivity contribution in [3.05, 3.63) is 17.6 Å². The van der Waals surface area contributed by atoms with Gasteiger partial charge in [0.2, 0.25) is 0 Å². The molecule has 0 bridgehead atoms. The lowest BCUT2D eigenvalue weighted by Gasteiger charge is -2.28.